The van der Waals surface area contributed by atoms with Gasteiger partial charge >= 0.3 is 0 Å². The molecule has 0 aliphatic rings. The van der Waals surface area contributed by atoms with Crippen LogP contribution in [0.4, 0.5) is 5.69 Å². The number of aromatic nitrogens is 1. The monoisotopic (exact) mass is 243 g/mol. The lowest BCUT2D eigenvalue weighted by atomic mass is 10.2. The van der Waals surface area contributed by atoms with Gasteiger partial charge in [0.1, 0.15) is 5.15 Å². The molecule has 88 valence electrons. The van der Waals surface area contributed by atoms with Crippen molar-refractivity contribution in [3.05, 3.63) is 23.0 Å². The topological polar surface area (TPSA) is 88.2 Å². The molecule has 0 aliphatic carbocycles. The number of nitrogen functional groups attached to an aromatic ring is 1. The zero-order valence-electron chi connectivity index (χ0n) is 8.74. The fourth-order valence-corrected chi connectivity index (χ4v) is 1.35. The third-order valence-corrected chi connectivity index (χ3v) is 2.28. The molecule has 5 nitrogen and oxygen atoms in total. The zero-order valence-corrected chi connectivity index (χ0v) is 9.50. The highest BCUT2D eigenvalue weighted by Crippen LogP contribution is 2.15. The molecule has 4 N–H and O–H groups in total. The van der Waals surface area contributed by atoms with E-state index in [1.54, 1.807) is 0 Å². The molecule has 0 spiro atoms. The highest BCUT2D eigenvalue weighted by atomic mass is 35.5. The summed E-state index contributed by atoms with van der Waals surface area (Å²) in [5.41, 5.74) is 6.17. The number of nitrogens with zero attached hydrogens (tertiary/aromatic N) is 1. The molecule has 0 aromatic carbocycles. The Bertz CT molecular complexity index is 371. The van der Waals surface area contributed by atoms with Crippen molar-refractivity contribution in [3.8, 4) is 0 Å². The molecule has 1 aromatic rings. The van der Waals surface area contributed by atoms with Crippen molar-refractivity contribution < 1.29 is 9.90 Å². The molecule has 0 bridgehead atoms. The molecule has 0 saturated heterocycles. The van der Waals surface area contributed by atoms with E-state index in [4.69, 9.17) is 22.4 Å². The highest BCUT2D eigenvalue weighted by molar-refractivity contribution is 6.32. The Morgan fingerprint density at radius 1 is 1.56 bits per heavy atom. The summed E-state index contributed by atoms with van der Waals surface area (Å²) in [5, 5.41) is 11.4. The van der Waals surface area contributed by atoms with E-state index in [9.17, 15) is 4.79 Å². The van der Waals surface area contributed by atoms with Crippen LogP contribution in [0.15, 0.2) is 12.3 Å². The summed E-state index contributed by atoms with van der Waals surface area (Å²) in [4.78, 5) is 15.4. The number of carbonyl (C=O) groups is 1. The Morgan fingerprint density at radius 3 is 3.00 bits per heavy atom. The average molecular weight is 244 g/mol. The molecule has 0 radical (unpaired) electrons. The van der Waals surface area contributed by atoms with Gasteiger partial charge in [-0.3, -0.25) is 4.79 Å². The second-order valence-corrected chi connectivity index (χ2v) is 3.65. The second kappa shape index (κ2) is 6.30. The Morgan fingerprint density at radius 2 is 2.31 bits per heavy atom. The summed E-state index contributed by atoms with van der Waals surface area (Å²) in [6.45, 7) is 0.612. The molecule has 0 unspecified atom stereocenters. The third kappa shape index (κ3) is 3.67. The first-order valence-electron chi connectivity index (χ1n) is 4.95. The Balaban J connectivity index is 2.55. The predicted molar refractivity (Wildman–Crippen MR) is 62.3 cm³/mol. The molecule has 1 heterocycles. The van der Waals surface area contributed by atoms with Gasteiger partial charge in [-0.15, -0.1) is 0 Å². The van der Waals surface area contributed by atoms with Crippen LogP contribution in [0, 0.1) is 0 Å². The number of amides is 1. The molecule has 1 rings (SSSR count). The largest absolute Gasteiger partial charge is 0.397 e. The van der Waals surface area contributed by atoms with Gasteiger partial charge in [0.15, 0.2) is 0 Å². The predicted octanol–water partition coefficient (Wildman–Crippen LogP) is 0.820. The molecule has 6 heteroatoms. The highest BCUT2D eigenvalue weighted by Gasteiger charge is 2.10. The first kappa shape index (κ1) is 12.7. The number of hydrogen-bond acceptors (Lipinski definition) is 4. The van der Waals surface area contributed by atoms with Crippen molar-refractivity contribution in [2.75, 3.05) is 18.9 Å². The maximum atomic E-state index is 11.6. The molecular formula is C10H14ClN3O2. The van der Waals surface area contributed by atoms with Crippen LogP contribution in [-0.4, -0.2) is 29.1 Å². The number of pyridine rings is 1. The molecule has 1 aromatic heterocycles. The van der Waals surface area contributed by atoms with Crippen LogP contribution >= 0.6 is 11.6 Å². The fraction of sp³-hybridized carbons (Fsp3) is 0.400. The van der Waals surface area contributed by atoms with E-state index in [1.165, 1.54) is 12.3 Å². The van der Waals surface area contributed by atoms with E-state index < -0.39 is 0 Å². The van der Waals surface area contributed by atoms with Gasteiger partial charge in [-0.25, -0.2) is 4.98 Å². The molecule has 0 aliphatic heterocycles. The van der Waals surface area contributed by atoms with E-state index in [0.717, 1.165) is 6.42 Å². The van der Waals surface area contributed by atoms with E-state index in [2.05, 4.69) is 10.3 Å². The molecular weight excluding hydrogens is 230 g/mol. The first-order valence-corrected chi connectivity index (χ1v) is 5.33. The zero-order chi connectivity index (χ0) is 12.0. The van der Waals surface area contributed by atoms with E-state index in [1.807, 2.05) is 0 Å². The third-order valence-electron chi connectivity index (χ3n) is 1.98. The van der Waals surface area contributed by atoms with Crippen molar-refractivity contribution >= 4 is 23.2 Å². The summed E-state index contributed by atoms with van der Waals surface area (Å²) in [6.07, 6.45) is 2.77. The molecule has 0 saturated carbocycles. The molecule has 16 heavy (non-hydrogen) atoms. The summed E-state index contributed by atoms with van der Waals surface area (Å²) in [6, 6.07) is 1.48. The number of carbonyl (C=O) groups excluding carboxylic acids is 1. The normalized spacial score (nSPS) is 10.1. The summed E-state index contributed by atoms with van der Waals surface area (Å²) < 4.78 is 0. The second-order valence-electron chi connectivity index (χ2n) is 3.29. The van der Waals surface area contributed by atoms with Crippen LogP contribution < -0.4 is 11.1 Å². The van der Waals surface area contributed by atoms with E-state index >= 15 is 0 Å². The maximum Gasteiger partial charge on any atom is 0.254 e. The minimum Gasteiger partial charge on any atom is -0.397 e. The summed E-state index contributed by atoms with van der Waals surface area (Å²) in [5.74, 6) is -0.303. The smallest absolute Gasteiger partial charge is 0.254 e. The summed E-state index contributed by atoms with van der Waals surface area (Å²) in [7, 11) is 0. The minimum atomic E-state index is -0.303. The van der Waals surface area contributed by atoms with Crippen molar-refractivity contribution in [2.24, 2.45) is 0 Å². The Kier molecular flexibility index (Phi) is 5.01. The van der Waals surface area contributed by atoms with E-state index in [0.29, 0.717) is 18.7 Å². The van der Waals surface area contributed by atoms with Gasteiger partial charge in [-0.1, -0.05) is 11.6 Å². The molecule has 0 atom stereocenters. The molecule has 0 fully saturated rings. The van der Waals surface area contributed by atoms with Crippen molar-refractivity contribution in [2.45, 2.75) is 12.8 Å². The number of unbranched alkanes of at least 4 members (excludes halogenated alkanes) is 1. The van der Waals surface area contributed by atoms with Crippen LogP contribution in [0.2, 0.25) is 5.15 Å². The first-order chi connectivity index (χ1) is 7.65. The SMILES string of the molecule is Nc1cnc(Cl)c(C(=O)NCCCCO)c1. The van der Waals surface area contributed by atoms with Gasteiger partial charge in [0.25, 0.3) is 5.91 Å². The average Bonchev–Trinajstić information content (AvgIpc) is 2.27. The van der Waals surface area contributed by atoms with Gasteiger partial charge in [0, 0.05) is 13.2 Å². The maximum absolute atomic E-state index is 11.6. The van der Waals surface area contributed by atoms with Crippen molar-refractivity contribution in [1.29, 1.82) is 0 Å². The minimum absolute atomic E-state index is 0.121. The number of hydrogen-bond donors (Lipinski definition) is 3. The number of aliphatic hydroxyl groups is 1. The van der Waals surface area contributed by atoms with Crippen LogP contribution in [-0.2, 0) is 0 Å². The standard InChI is InChI=1S/C10H14ClN3O2/c11-9-8(5-7(12)6-14-9)10(16)13-3-1-2-4-15/h5-6,15H,1-4,12H2,(H,13,16). The Hall–Kier alpha value is -1.33. The van der Waals surface area contributed by atoms with Crippen LogP contribution in [0.3, 0.4) is 0 Å². The van der Waals surface area contributed by atoms with Crippen LogP contribution in [0.1, 0.15) is 23.2 Å². The number of aliphatic hydroxyl groups excluding tert-OH is 1. The quantitative estimate of drug-likeness (QED) is 0.528. The number of rotatable bonds is 5. The number of nitrogens with one attached hydrogen (secondary N) is 1. The number of nitrogens with two attached hydrogens (primary N) is 1. The Labute approximate surface area is 98.6 Å². The van der Waals surface area contributed by atoms with Gasteiger partial charge in [-0.05, 0) is 18.9 Å². The lowest BCUT2D eigenvalue weighted by Gasteiger charge is -2.06. The van der Waals surface area contributed by atoms with Crippen LogP contribution in [0.5, 0.6) is 0 Å². The van der Waals surface area contributed by atoms with Crippen LogP contribution in [0.25, 0.3) is 0 Å². The van der Waals surface area contributed by atoms with Crippen molar-refractivity contribution in [3.63, 3.8) is 0 Å². The summed E-state index contributed by atoms with van der Waals surface area (Å²) >= 11 is 5.76. The number of halogens is 1. The van der Waals surface area contributed by atoms with Gasteiger partial charge < -0.3 is 16.2 Å². The van der Waals surface area contributed by atoms with Crippen molar-refractivity contribution in [1.82, 2.24) is 10.3 Å². The lowest BCUT2D eigenvalue weighted by Crippen LogP contribution is -2.25. The number of anilines is 1. The molecule has 1 amide bonds. The fourth-order valence-electron chi connectivity index (χ4n) is 1.16. The van der Waals surface area contributed by atoms with Gasteiger partial charge in [0.2, 0.25) is 0 Å². The van der Waals surface area contributed by atoms with Gasteiger partial charge in [-0.2, -0.15) is 0 Å². The lowest BCUT2D eigenvalue weighted by molar-refractivity contribution is 0.0952. The van der Waals surface area contributed by atoms with E-state index in [-0.39, 0.29) is 23.2 Å². The van der Waals surface area contributed by atoms with Gasteiger partial charge in [0.05, 0.1) is 17.4 Å².